The molecular formula is C24H18O3S. The van der Waals surface area contributed by atoms with Gasteiger partial charge in [0.1, 0.15) is 11.5 Å². The summed E-state index contributed by atoms with van der Waals surface area (Å²) in [5, 5.41) is 21.0. The Morgan fingerprint density at radius 1 is 0.607 bits per heavy atom. The summed E-state index contributed by atoms with van der Waals surface area (Å²) >= 11 is 0. The molecule has 4 aromatic carbocycles. The van der Waals surface area contributed by atoms with Crippen molar-refractivity contribution in [1.29, 1.82) is 0 Å². The highest BCUT2D eigenvalue weighted by Crippen LogP contribution is 2.41. The maximum atomic E-state index is 13.2. The van der Waals surface area contributed by atoms with Crippen molar-refractivity contribution in [2.75, 3.05) is 0 Å². The van der Waals surface area contributed by atoms with Crippen LogP contribution in [0.2, 0.25) is 0 Å². The largest absolute Gasteiger partial charge is 0.507 e. The summed E-state index contributed by atoms with van der Waals surface area (Å²) in [5.74, 6) is -0.225. The number of hydrogen-bond acceptors (Lipinski definition) is 3. The van der Waals surface area contributed by atoms with Gasteiger partial charge in [0.15, 0.2) is 0 Å². The van der Waals surface area contributed by atoms with E-state index in [2.05, 4.69) is 0 Å². The standard InChI is InChI=1S/C24H18O3S/c25-21-14-15-22(24(26)23(21)18-10-5-2-6-11-18)28(27)20-13-7-12-19(16-20)17-8-3-1-4-9-17/h1-16,25-26H. The molecule has 0 spiro atoms. The van der Waals surface area contributed by atoms with E-state index in [0.717, 1.165) is 11.1 Å². The quantitative estimate of drug-likeness (QED) is 0.480. The maximum Gasteiger partial charge on any atom is 0.143 e. The van der Waals surface area contributed by atoms with Gasteiger partial charge in [0.25, 0.3) is 0 Å². The number of phenolic OH excluding ortho intramolecular Hbond substituents is 2. The summed E-state index contributed by atoms with van der Waals surface area (Å²) in [6.07, 6.45) is 0. The zero-order valence-corrected chi connectivity index (χ0v) is 15.8. The molecule has 28 heavy (non-hydrogen) atoms. The molecule has 2 N–H and O–H groups in total. The van der Waals surface area contributed by atoms with Gasteiger partial charge in [0.05, 0.1) is 21.3 Å². The maximum absolute atomic E-state index is 13.2. The Bertz CT molecular complexity index is 1140. The van der Waals surface area contributed by atoms with Crippen LogP contribution in [0.3, 0.4) is 0 Å². The third-order valence-electron chi connectivity index (χ3n) is 4.54. The molecular weight excluding hydrogens is 368 g/mol. The zero-order valence-electron chi connectivity index (χ0n) is 14.9. The summed E-state index contributed by atoms with van der Waals surface area (Å²) in [4.78, 5) is 0.850. The molecule has 0 saturated carbocycles. The molecule has 0 aliphatic rings. The Balaban J connectivity index is 1.78. The number of aromatic hydroxyl groups is 2. The number of phenols is 2. The van der Waals surface area contributed by atoms with Gasteiger partial charge in [-0.2, -0.15) is 0 Å². The van der Waals surface area contributed by atoms with Crippen LogP contribution < -0.4 is 0 Å². The fraction of sp³-hybridized carbons (Fsp3) is 0. The van der Waals surface area contributed by atoms with Crippen LogP contribution in [0.15, 0.2) is 107 Å². The molecule has 4 aromatic rings. The first-order chi connectivity index (χ1) is 13.6. The van der Waals surface area contributed by atoms with Gasteiger partial charge in [-0.05, 0) is 41.0 Å². The van der Waals surface area contributed by atoms with Crippen molar-refractivity contribution in [1.82, 2.24) is 0 Å². The molecule has 138 valence electrons. The van der Waals surface area contributed by atoms with E-state index < -0.39 is 10.8 Å². The monoisotopic (exact) mass is 386 g/mol. The minimum absolute atomic E-state index is 0.0533. The van der Waals surface area contributed by atoms with Gasteiger partial charge in [-0.3, -0.25) is 0 Å². The van der Waals surface area contributed by atoms with E-state index in [1.54, 1.807) is 18.2 Å². The van der Waals surface area contributed by atoms with E-state index in [1.165, 1.54) is 12.1 Å². The molecule has 4 rings (SSSR count). The summed E-state index contributed by atoms with van der Waals surface area (Å²) in [6.45, 7) is 0. The Labute approximate surface area is 166 Å². The van der Waals surface area contributed by atoms with Crippen LogP contribution in [-0.2, 0) is 10.8 Å². The smallest absolute Gasteiger partial charge is 0.143 e. The Morgan fingerprint density at radius 2 is 1.21 bits per heavy atom. The third-order valence-corrected chi connectivity index (χ3v) is 5.95. The first kappa shape index (κ1) is 18.0. The fourth-order valence-corrected chi connectivity index (χ4v) is 4.31. The molecule has 3 nitrogen and oxygen atoms in total. The van der Waals surface area contributed by atoms with E-state index in [1.807, 2.05) is 66.7 Å². The average Bonchev–Trinajstić information content (AvgIpc) is 2.75. The second-order valence-electron chi connectivity index (χ2n) is 6.34. The molecule has 4 heteroatoms. The molecule has 0 heterocycles. The first-order valence-corrected chi connectivity index (χ1v) is 9.98. The normalized spacial score (nSPS) is 11.9. The van der Waals surface area contributed by atoms with Gasteiger partial charge < -0.3 is 10.2 Å². The van der Waals surface area contributed by atoms with Crippen LogP contribution in [0.1, 0.15) is 0 Å². The molecule has 0 aliphatic carbocycles. The summed E-state index contributed by atoms with van der Waals surface area (Å²) < 4.78 is 13.2. The fourth-order valence-electron chi connectivity index (χ4n) is 3.15. The van der Waals surface area contributed by atoms with Crippen molar-refractivity contribution in [2.24, 2.45) is 0 Å². The molecule has 1 atom stereocenters. The van der Waals surface area contributed by atoms with Crippen molar-refractivity contribution < 1.29 is 14.4 Å². The Kier molecular flexibility index (Phi) is 4.96. The van der Waals surface area contributed by atoms with Crippen molar-refractivity contribution >= 4 is 10.8 Å². The van der Waals surface area contributed by atoms with E-state index in [0.29, 0.717) is 10.5 Å². The van der Waals surface area contributed by atoms with Gasteiger partial charge >= 0.3 is 0 Å². The molecule has 0 amide bonds. The number of rotatable bonds is 4. The highest BCUT2D eigenvalue weighted by Gasteiger charge is 2.19. The lowest BCUT2D eigenvalue weighted by Gasteiger charge is -2.12. The van der Waals surface area contributed by atoms with Gasteiger partial charge in [-0.25, -0.2) is 4.21 Å². The van der Waals surface area contributed by atoms with E-state index in [-0.39, 0.29) is 22.0 Å². The predicted molar refractivity (Wildman–Crippen MR) is 112 cm³/mol. The first-order valence-electron chi connectivity index (χ1n) is 8.83. The second kappa shape index (κ2) is 7.71. The van der Waals surface area contributed by atoms with Crippen molar-refractivity contribution in [3.8, 4) is 33.8 Å². The lowest BCUT2D eigenvalue weighted by atomic mass is 10.0. The van der Waals surface area contributed by atoms with Gasteiger partial charge in [-0.15, -0.1) is 0 Å². The third kappa shape index (κ3) is 3.42. The highest BCUT2D eigenvalue weighted by atomic mass is 32.2. The lowest BCUT2D eigenvalue weighted by molar-refractivity contribution is 0.444. The van der Waals surface area contributed by atoms with Crippen LogP contribution in [0.5, 0.6) is 11.5 Å². The summed E-state index contributed by atoms with van der Waals surface area (Å²) in [5.41, 5.74) is 2.93. The minimum Gasteiger partial charge on any atom is -0.507 e. The van der Waals surface area contributed by atoms with Crippen LogP contribution in [0, 0.1) is 0 Å². The van der Waals surface area contributed by atoms with Gasteiger partial charge in [-0.1, -0.05) is 72.8 Å². The minimum atomic E-state index is -1.60. The van der Waals surface area contributed by atoms with Crippen LogP contribution in [0.4, 0.5) is 0 Å². The Morgan fingerprint density at radius 3 is 1.89 bits per heavy atom. The Hall–Kier alpha value is -3.37. The number of benzene rings is 4. The SMILES string of the molecule is O=S(c1cccc(-c2ccccc2)c1)c1ccc(O)c(-c2ccccc2)c1O. The topological polar surface area (TPSA) is 57.5 Å². The summed E-state index contributed by atoms with van der Waals surface area (Å²) in [6, 6.07) is 29.3. The van der Waals surface area contributed by atoms with Crippen molar-refractivity contribution in [2.45, 2.75) is 9.79 Å². The van der Waals surface area contributed by atoms with E-state index in [9.17, 15) is 14.4 Å². The van der Waals surface area contributed by atoms with Crippen LogP contribution >= 0.6 is 0 Å². The molecule has 1 unspecified atom stereocenters. The highest BCUT2D eigenvalue weighted by molar-refractivity contribution is 7.85. The molecule has 0 saturated heterocycles. The summed E-state index contributed by atoms with van der Waals surface area (Å²) in [7, 11) is -1.60. The molecule has 0 aliphatic heterocycles. The van der Waals surface area contributed by atoms with Crippen molar-refractivity contribution in [3.05, 3.63) is 97.1 Å². The van der Waals surface area contributed by atoms with Gasteiger partial charge in [0.2, 0.25) is 0 Å². The van der Waals surface area contributed by atoms with Crippen molar-refractivity contribution in [3.63, 3.8) is 0 Å². The van der Waals surface area contributed by atoms with E-state index in [4.69, 9.17) is 0 Å². The van der Waals surface area contributed by atoms with E-state index >= 15 is 0 Å². The van der Waals surface area contributed by atoms with Crippen LogP contribution in [-0.4, -0.2) is 14.4 Å². The predicted octanol–water partition coefficient (Wildman–Crippen LogP) is 5.60. The zero-order chi connectivity index (χ0) is 19.5. The molecule has 0 bridgehead atoms. The molecule has 0 radical (unpaired) electrons. The second-order valence-corrected chi connectivity index (χ2v) is 7.78. The molecule has 0 aromatic heterocycles. The van der Waals surface area contributed by atoms with Gasteiger partial charge in [0, 0.05) is 4.90 Å². The number of hydrogen-bond donors (Lipinski definition) is 2. The average molecular weight is 386 g/mol. The molecule has 0 fully saturated rings. The lowest BCUT2D eigenvalue weighted by Crippen LogP contribution is -1.95. The van der Waals surface area contributed by atoms with Crippen LogP contribution in [0.25, 0.3) is 22.3 Å².